The average Bonchev–Trinajstić information content (AvgIpc) is 4.17. The van der Waals surface area contributed by atoms with Crippen molar-refractivity contribution in [2.24, 2.45) is 5.92 Å². The number of fused-ring (bicyclic) bond motifs is 1. The number of carbonyl (C=O) groups is 3. The molecule has 2 aliphatic heterocycles. The fourth-order valence-electron chi connectivity index (χ4n) is 9.00. The van der Waals surface area contributed by atoms with Gasteiger partial charge in [-0.2, -0.15) is 10.4 Å². The molecule has 0 bridgehead atoms. The summed E-state index contributed by atoms with van der Waals surface area (Å²) in [6.45, 7) is 9.71. The molecule has 5 atom stereocenters. The second kappa shape index (κ2) is 23.1. The minimum Gasteiger partial charge on any atom is -0.491 e. The van der Waals surface area contributed by atoms with Crippen molar-refractivity contribution in [1.82, 2.24) is 35.2 Å². The monoisotopic (exact) mass is 1000 g/mol. The minimum atomic E-state index is -1.19. The van der Waals surface area contributed by atoms with Crippen molar-refractivity contribution in [3.8, 4) is 39.3 Å². The van der Waals surface area contributed by atoms with E-state index in [1.54, 1.807) is 63.6 Å². The van der Waals surface area contributed by atoms with E-state index in [0.29, 0.717) is 52.0 Å². The average molecular weight is 1000 g/mol. The molecule has 0 saturated carbocycles. The van der Waals surface area contributed by atoms with E-state index in [1.165, 1.54) is 16.2 Å². The number of aliphatic hydroxyl groups excluding tert-OH is 2. The Hall–Kier alpha value is -6.65. The Labute approximate surface area is 421 Å². The van der Waals surface area contributed by atoms with Gasteiger partial charge in [-0.15, -0.1) is 11.3 Å². The fourth-order valence-corrected chi connectivity index (χ4v) is 10.0. The number of thiazole rings is 1. The predicted molar refractivity (Wildman–Crippen MR) is 269 cm³/mol. The zero-order valence-corrected chi connectivity index (χ0v) is 41.5. The molecule has 71 heavy (non-hydrogen) atoms. The van der Waals surface area contributed by atoms with Crippen LogP contribution in [0.15, 0.2) is 103 Å². The number of aromatic nitrogens is 3. The largest absolute Gasteiger partial charge is 0.491 e. The molecule has 4 N–H and O–H groups in total. The maximum atomic E-state index is 14.3. The zero-order valence-electron chi connectivity index (χ0n) is 40.0. The fraction of sp³-hybridized carbons (Fsp3) is 0.358. The number of nitrogens with one attached hydrogen (secondary N) is 2. The highest BCUT2D eigenvalue weighted by atomic mass is 35.5. The predicted octanol–water partition coefficient (Wildman–Crippen LogP) is 6.85. The second-order valence-electron chi connectivity index (χ2n) is 18.1. The highest BCUT2D eigenvalue weighted by Crippen LogP contribution is 2.34. The standard InChI is InChI=1S/C53H57ClN8O8S/c1-32(2)48(62-29-40-7-5-6-8-43(40)52(62)66)53(67)61-30-41(63)25-46(61)51(65)56-27-39-12-10-37(49-34(4)57-31-71-49)24-47(39)70-22-20-68-19-21-69-42-15-13-35(14-16-42)50(64)58-33(3)28-60-18-17-45(59-60)36-9-11-38(26-55)44(54)23-36/h5-18,23-24,31-33,41,46,48,51,56,63,65H,19-22,25,27-30H2,1-4H3,(H,58,64)/t33?,41-,46?,48+,51?/m1/s1. The van der Waals surface area contributed by atoms with E-state index >= 15 is 0 Å². The summed E-state index contributed by atoms with van der Waals surface area (Å²) < 4.78 is 19.8. The van der Waals surface area contributed by atoms with E-state index in [4.69, 9.17) is 31.1 Å². The molecule has 4 heterocycles. The Bertz CT molecular complexity index is 2880. The van der Waals surface area contributed by atoms with Crippen LogP contribution in [0.25, 0.3) is 21.7 Å². The SMILES string of the molecule is Cc1ncsc1-c1ccc(CNC(O)C2C[C@@H](O)CN2C(=O)[C@H](C(C)C)N2Cc3ccccc3C2=O)c(OCCOCCOc2ccc(C(=O)NC(C)Cn3ccc(-c4ccc(C#N)c(Cl)c4)n3)cc2)c1. The number of likely N-dealkylation sites (tertiary alicyclic amines) is 1. The van der Waals surface area contributed by atoms with Crippen LogP contribution in [0.5, 0.6) is 11.5 Å². The lowest BCUT2D eigenvalue weighted by atomic mass is 10.00. The number of β-amino-alcohol motifs (C(OH)–C–C–N with tert-alkyl or cyclic N) is 1. The Morgan fingerprint density at radius 1 is 0.972 bits per heavy atom. The van der Waals surface area contributed by atoms with Gasteiger partial charge in [0.2, 0.25) is 5.91 Å². The van der Waals surface area contributed by atoms with Crippen molar-refractivity contribution >= 4 is 40.7 Å². The van der Waals surface area contributed by atoms with E-state index in [1.807, 2.05) is 76.4 Å². The van der Waals surface area contributed by atoms with Gasteiger partial charge in [0.15, 0.2) is 0 Å². The summed E-state index contributed by atoms with van der Waals surface area (Å²) in [6.07, 6.45) is -0.0239. The van der Waals surface area contributed by atoms with Crippen LogP contribution in [0.4, 0.5) is 0 Å². The van der Waals surface area contributed by atoms with Crippen LogP contribution >= 0.6 is 22.9 Å². The lowest BCUT2D eigenvalue weighted by Crippen LogP contribution is -2.56. The number of benzene rings is 4. The number of aryl methyl sites for hydroxylation is 1. The van der Waals surface area contributed by atoms with Crippen molar-refractivity contribution < 1.29 is 38.8 Å². The van der Waals surface area contributed by atoms with Crippen LogP contribution in [0.1, 0.15) is 70.3 Å². The second-order valence-corrected chi connectivity index (χ2v) is 19.3. The van der Waals surface area contributed by atoms with Crippen molar-refractivity contribution in [2.75, 3.05) is 33.0 Å². The Morgan fingerprint density at radius 3 is 2.45 bits per heavy atom. The summed E-state index contributed by atoms with van der Waals surface area (Å²) in [5.74, 6) is 0.225. The van der Waals surface area contributed by atoms with Gasteiger partial charge in [0, 0.05) is 54.1 Å². The molecule has 8 rings (SSSR count). The molecule has 18 heteroatoms. The quantitative estimate of drug-likeness (QED) is 0.0432. The zero-order chi connectivity index (χ0) is 50.2. The van der Waals surface area contributed by atoms with Gasteiger partial charge in [-0.1, -0.05) is 61.8 Å². The van der Waals surface area contributed by atoms with Crippen LogP contribution in [-0.2, 0) is 29.2 Å². The molecule has 3 amide bonds. The molecule has 1 fully saturated rings. The van der Waals surface area contributed by atoms with Gasteiger partial charge in [-0.25, -0.2) is 4.98 Å². The van der Waals surface area contributed by atoms with E-state index in [9.17, 15) is 24.6 Å². The number of nitrogens with zero attached hydrogens (tertiary/aromatic N) is 6. The summed E-state index contributed by atoms with van der Waals surface area (Å²) in [5, 5.41) is 42.7. The Balaban J connectivity index is 0.800. The highest BCUT2D eigenvalue weighted by Gasteiger charge is 2.45. The van der Waals surface area contributed by atoms with E-state index in [-0.39, 0.29) is 75.6 Å². The van der Waals surface area contributed by atoms with Crippen LogP contribution in [0.3, 0.4) is 0 Å². The highest BCUT2D eigenvalue weighted by molar-refractivity contribution is 7.13. The van der Waals surface area contributed by atoms with Crippen LogP contribution in [0, 0.1) is 24.2 Å². The first kappa shape index (κ1) is 50.7. The molecule has 0 spiro atoms. The van der Waals surface area contributed by atoms with Crippen molar-refractivity contribution in [1.29, 1.82) is 5.26 Å². The Kier molecular flexibility index (Phi) is 16.5. The molecule has 1 saturated heterocycles. The van der Waals surface area contributed by atoms with Gasteiger partial charge < -0.3 is 39.5 Å². The number of amides is 3. The number of carbonyl (C=O) groups excluding carboxylic acids is 3. The normalized spacial score (nSPS) is 16.7. The molecule has 3 unspecified atom stereocenters. The van der Waals surface area contributed by atoms with E-state index in [0.717, 1.165) is 32.8 Å². The molecule has 0 radical (unpaired) electrons. The number of ether oxygens (including phenoxy) is 3. The number of hydrogen-bond acceptors (Lipinski definition) is 13. The number of halogens is 1. The van der Waals surface area contributed by atoms with Crippen molar-refractivity contribution in [3.63, 3.8) is 0 Å². The van der Waals surface area contributed by atoms with E-state index in [2.05, 4.69) is 26.8 Å². The Morgan fingerprint density at radius 2 is 1.73 bits per heavy atom. The van der Waals surface area contributed by atoms with Crippen LogP contribution < -0.4 is 20.1 Å². The third-order valence-corrected chi connectivity index (χ3v) is 13.9. The molecular formula is C53H57ClN8O8S. The number of nitriles is 1. The van der Waals surface area contributed by atoms with Crippen molar-refractivity contribution in [3.05, 3.63) is 141 Å². The van der Waals surface area contributed by atoms with Crippen LogP contribution in [-0.4, -0.2) is 116 Å². The van der Waals surface area contributed by atoms with Gasteiger partial charge in [-0.05, 0) is 91.9 Å². The first-order valence-corrected chi connectivity index (χ1v) is 24.8. The molecular weight excluding hydrogens is 944 g/mol. The summed E-state index contributed by atoms with van der Waals surface area (Å²) in [5.41, 5.74) is 8.22. The summed E-state index contributed by atoms with van der Waals surface area (Å²) in [6, 6.07) is 27.4. The van der Waals surface area contributed by atoms with Gasteiger partial charge in [0.25, 0.3) is 11.8 Å². The lowest BCUT2D eigenvalue weighted by Gasteiger charge is -2.36. The van der Waals surface area contributed by atoms with Gasteiger partial charge in [0.05, 0.1) is 64.3 Å². The number of hydrogen-bond donors (Lipinski definition) is 4. The molecule has 370 valence electrons. The minimum absolute atomic E-state index is 0.0468. The summed E-state index contributed by atoms with van der Waals surface area (Å²) in [7, 11) is 0. The molecule has 2 aromatic heterocycles. The van der Waals surface area contributed by atoms with Gasteiger partial charge in [0.1, 0.15) is 43.1 Å². The third kappa shape index (κ3) is 12.1. The number of rotatable bonds is 21. The molecule has 2 aliphatic rings. The van der Waals surface area contributed by atoms with Gasteiger partial charge in [-0.3, -0.25) is 24.4 Å². The summed E-state index contributed by atoms with van der Waals surface area (Å²) in [4.78, 5) is 49.3. The maximum Gasteiger partial charge on any atom is 0.255 e. The molecule has 0 aliphatic carbocycles. The van der Waals surface area contributed by atoms with E-state index < -0.39 is 24.4 Å². The van der Waals surface area contributed by atoms with Crippen molar-refractivity contribution in [2.45, 2.75) is 84.2 Å². The van der Waals surface area contributed by atoms with Crippen LogP contribution in [0.2, 0.25) is 5.02 Å². The van der Waals surface area contributed by atoms with Gasteiger partial charge >= 0.3 is 0 Å². The topological polar surface area (TPSA) is 204 Å². The molecule has 4 aromatic carbocycles. The summed E-state index contributed by atoms with van der Waals surface area (Å²) >= 11 is 7.73. The smallest absolute Gasteiger partial charge is 0.255 e. The number of aliphatic hydroxyl groups is 2. The molecule has 6 aromatic rings. The third-order valence-electron chi connectivity index (χ3n) is 12.6. The molecule has 16 nitrogen and oxygen atoms in total. The maximum absolute atomic E-state index is 14.3. The first-order chi connectivity index (χ1) is 34.3. The lowest BCUT2D eigenvalue weighted by molar-refractivity contribution is -0.141. The first-order valence-electron chi connectivity index (χ1n) is 23.6.